The number of nitrogens with zero attached hydrogens (tertiary/aromatic N) is 1. The molecule has 0 unspecified atom stereocenters. The molecule has 40 heavy (non-hydrogen) atoms. The van der Waals surface area contributed by atoms with Gasteiger partial charge >= 0.3 is 5.97 Å². The van der Waals surface area contributed by atoms with Gasteiger partial charge in [-0.05, 0) is 91.0 Å². The summed E-state index contributed by atoms with van der Waals surface area (Å²) in [5.74, 6) is -1.29. The molecule has 2 aromatic carbocycles. The van der Waals surface area contributed by atoms with Crippen LogP contribution in [-0.2, 0) is 17.8 Å². The number of aromatic nitrogens is 1. The molecule has 9 heteroatoms. The Morgan fingerprint density at radius 1 is 1.07 bits per heavy atom. The summed E-state index contributed by atoms with van der Waals surface area (Å²) < 4.78 is 41.5. The Bertz CT molecular complexity index is 1480. The van der Waals surface area contributed by atoms with Gasteiger partial charge in [-0.3, -0.25) is 4.79 Å². The Morgan fingerprint density at radius 2 is 1.80 bits per heavy atom. The van der Waals surface area contributed by atoms with Gasteiger partial charge in [-0.2, -0.15) is 0 Å². The lowest BCUT2D eigenvalue weighted by atomic mass is 9.72. The van der Waals surface area contributed by atoms with E-state index < -0.39 is 23.2 Å². The number of carbonyl (C=O) groups is 1. The van der Waals surface area contributed by atoms with Crippen LogP contribution in [0.1, 0.15) is 46.6 Å². The summed E-state index contributed by atoms with van der Waals surface area (Å²) in [6.07, 6.45) is 3.28. The van der Waals surface area contributed by atoms with Crippen LogP contribution in [0.3, 0.4) is 0 Å². The van der Waals surface area contributed by atoms with Crippen molar-refractivity contribution in [3.05, 3.63) is 76.0 Å². The molecule has 6 rings (SSSR count). The third kappa shape index (κ3) is 4.71. The number of fused-ring (bicyclic) bond motifs is 3. The van der Waals surface area contributed by atoms with E-state index >= 15 is 4.39 Å². The van der Waals surface area contributed by atoms with E-state index in [-0.39, 0.29) is 48.0 Å². The van der Waals surface area contributed by atoms with Gasteiger partial charge < -0.3 is 24.8 Å². The van der Waals surface area contributed by atoms with Gasteiger partial charge in [-0.1, -0.05) is 0 Å². The third-order valence-electron chi connectivity index (χ3n) is 8.67. The average molecular weight is 552 g/mol. The Morgan fingerprint density at radius 3 is 2.48 bits per heavy atom. The molecule has 3 atom stereocenters. The lowest BCUT2D eigenvalue weighted by Crippen LogP contribution is -2.48. The van der Waals surface area contributed by atoms with Gasteiger partial charge in [0.15, 0.2) is 0 Å². The smallest absolute Gasteiger partial charge is 0.307 e. The SMILES string of the molecule is Cc1cc(OCC2CC(O)(CO)C2)cc(C)c1-c1cc(COc2cc3c(cn2)[C@H]2[C@@H](C3)[C@@H]2C(=O)O)c(F)cc1F. The van der Waals surface area contributed by atoms with Crippen LogP contribution in [0.5, 0.6) is 11.6 Å². The maximum atomic E-state index is 15.0. The maximum Gasteiger partial charge on any atom is 0.307 e. The van der Waals surface area contributed by atoms with E-state index in [1.165, 1.54) is 6.07 Å². The van der Waals surface area contributed by atoms with Gasteiger partial charge in [-0.25, -0.2) is 13.8 Å². The fourth-order valence-corrected chi connectivity index (χ4v) is 6.64. The van der Waals surface area contributed by atoms with Crippen molar-refractivity contribution in [2.75, 3.05) is 13.2 Å². The molecule has 0 radical (unpaired) electrons. The zero-order valence-electron chi connectivity index (χ0n) is 22.3. The van der Waals surface area contributed by atoms with Crippen LogP contribution in [0.25, 0.3) is 11.1 Å². The Kier molecular flexibility index (Phi) is 6.54. The second-order valence-corrected chi connectivity index (χ2v) is 11.6. The van der Waals surface area contributed by atoms with Crippen LogP contribution in [0.2, 0.25) is 0 Å². The van der Waals surface area contributed by atoms with Crippen molar-refractivity contribution in [3.8, 4) is 22.8 Å². The number of carboxylic acids is 1. The monoisotopic (exact) mass is 551 g/mol. The predicted octanol–water partition coefficient (Wildman–Crippen LogP) is 4.71. The van der Waals surface area contributed by atoms with Crippen molar-refractivity contribution < 1.29 is 38.4 Å². The molecular formula is C31H31F2NO6. The van der Waals surface area contributed by atoms with Crippen molar-refractivity contribution in [3.63, 3.8) is 0 Å². The first-order valence-electron chi connectivity index (χ1n) is 13.5. The Balaban J connectivity index is 1.15. The first kappa shape index (κ1) is 26.7. The van der Waals surface area contributed by atoms with Crippen molar-refractivity contribution >= 4 is 5.97 Å². The molecule has 1 heterocycles. The highest BCUT2D eigenvalue weighted by Crippen LogP contribution is 2.61. The molecule has 3 aromatic rings. The molecule has 2 fully saturated rings. The lowest BCUT2D eigenvalue weighted by molar-refractivity contribution is -0.139. The Hall–Kier alpha value is -3.56. The zero-order chi connectivity index (χ0) is 28.3. The number of rotatable bonds is 9. The van der Waals surface area contributed by atoms with Gasteiger partial charge in [0.2, 0.25) is 5.88 Å². The number of hydrogen-bond donors (Lipinski definition) is 3. The van der Waals surface area contributed by atoms with Crippen molar-refractivity contribution in [2.24, 2.45) is 17.8 Å². The van der Waals surface area contributed by atoms with Crippen LogP contribution in [0.15, 0.2) is 36.5 Å². The van der Waals surface area contributed by atoms with E-state index in [4.69, 9.17) is 9.47 Å². The number of ether oxygens (including phenoxy) is 2. The standard InChI is InChI=1S/C31H31F2NO6/c1-15-3-20(39-12-17-9-31(38,10-17)14-35)4-16(2)27(15)21-6-19(24(32)8-25(21)33)13-40-26-7-18-5-22-28(23(18)11-34-26)29(22)30(36)37/h3-4,6-8,11,17,22,28-29,35,38H,5,9-10,12-14H2,1-2H3,(H,36,37)/t17?,22-,28-,29+,31?/m1/s1. The largest absolute Gasteiger partial charge is 0.493 e. The van der Waals surface area contributed by atoms with Crippen LogP contribution in [0, 0.1) is 43.2 Å². The first-order chi connectivity index (χ1) is 19.1. The molecule has 1 aromatic heterocycles. The van der Waals surface area contributed by atoms with E-state index in [9.17, 15) is 24.5 Å². The third-order valence-corrected chi connectivity index (χ3v) is 8.67. The molecule has 0 spiro atoms. The van der Waals surface area contributed by atoms with Gasteiger partial charge in [0.1, 0.15) is 24.0 Å². The highest BCUT2D eigenvalue weighted by atomic mass is 19.1. The van der Waals surface area contributed by atoms with Gasteiger partial charge in [-0.15, -0.1) is 0 Å². The lowest BCUT2D eigenvalue weighted by Gasteiger charge is -2.42. The summed E-state index contributed by atoms with van der Waals surface area (Å²) in [7, 11) is 0. The van der Waals surface area contributed by atoms with E-state index in [0.29, 0.717) is 43.1 Å². The highest BCUT2D eigenvalue weighted by molar-refractivity contribution is 5.78. The van der Waals surface area contributed by atoms with E-state index in [1.54, 1.807) is 12.3 Å². The molecule has 3 N–H and O–H groups in total. The number of pyridine rings is 1. The fourth-order valence-electron chi connectivity index (χ4n) is 6.64. The molecule has 3 aliphatic carbocycles. The molecule has 0 bridgehead atoms. The second-order valence-electron chi connectivity index (χ2n) is 11.6. The summed E-state index contributed by atoms with van der Waals surface area (Å²) in [6, 6.07) is 7.73. The summed E-state index contributed by atoms with van der Waals surface area (Å²) in [4.78, 5) is 15.6. The average Bonchev–Trinajstić information content (AvgIpc) is 3.48. The molecule has 210 valence electrons. The van der Waals surface area contributed by atoms with Crippen molar-refractivity contribution in [1.82, 2.24) is 4.98 Å². The minimum Gasteiger partial charge on any atom is -0.493 e. The van der Waals surface area contributed by atoms with Crippen molar-refractivity contribution in [1.29, 1.82) is 0 Å². The van der Waals surface area contributed by atoms with E-state index in [2.05, 4.69) is 4.98 Å². The molecule has 0 aliphatic heterocycles. The summed E-state index contributed by atoms with van der Waals surface area (Å²) in [6.45, 7) is 3.69. The normalized spacial score (nSPS) is 26.1. The molecule has 7 nitrogen and oxygen atoms in total. The summed E-state index contributed by atoms with van der Waals surface area (Å²) >= 11 is 0. The fraction of sp³-hybridized carbons (Fsp3) is 0.419. The highest BCUT2D eigenvalue weighted by Gasteiger charge is 2.60. The number of benzene rings is 2. The minimum absolute atomic E-state index is 0.0129. The number of hydrogen-bond acceptors (Lipinski definition) is 6. The molecule has 0 saturated heterocycles. The van der Waals surface area contributed by atoms with E-state index in [1.807, 2.05) is 26.0 Å². The number of aliphatic hydroxyl groups is 2. The van der Waals surface area contributed by atoms with Gasteiger partial charge in [0.25, 0.3) is 0 Å². The topological polar surface area (TPSA) is 109 Å². The molecule has 0 amide bonds. The minimum atomic E-state index is -1.01. The van der Waals surface area contributed by atoms with Crippen molar-refractivity contribution in [2.45, 2.75) is 51.2 Å². The van der Waals surface area contributed by atoms with Crippen LogP contribution >= 0.6 is 0 Å². The number of halogens is 2. The molecule has 2 saturated carbocycles. The number of aliphatic hydroxyl groups excluding tert-OH is 1. The quantitative estimate of drug-likeness (QED) is 0.354. The number of carboxylic acid groups (broad SMARTS) is 1. The summed E-state index contributed by atoms with van der Waals surface area (Å²) in [5, 5.41) is 28.5. The van der Waals surface area contributed by atoms with Crippen LogP contribution in [0.4, 0.5) is 8.78 Å². The molecular weight excluding hydrogens is 520 g/mol. The Labute approximate surface area is 230 Å². The van der Waals surface area contributed by atoms with Gasteiger partial charge in [0, 0.05) is 35.4 Å². The number of aliphatic carboxylic acids is 1. The number of aryl methyl sites for hydroxylation is 2. The predicted molar refractivity (Wildman–Crippen MR) is 141 cm³/mol. The second kappa shape index (κ2) is 9.82. The van der Waals surface area contributed by atoms with Gasteiger partial charge in [0.05, 0.1) is 24.7 Å². The molecule has 3 aliphatic rings. The first-order valence-corrected chi connectivity index (χ1v) is 13.5. The van der Waals surface area contributed by atoms with E-state index in [0.717, 1.165) is 28.3 Å². The zero-order valence-corrected chi connectivity index (χ0v) is 22.3. The summed E-state index contributed by atoms with van der Waals surface area (Å²) in [5.41, 5.74) is 3.58. The van der Waals surface area contributed by atoms with Crippen LogP contribution < -0.4 is 9.47 Å². The van der Waals surface area contributed by atoms with Crippen LogP contribution in [-0.4, -0.2) is 45.1 Å². The maximum absolute atomic E-state index is 15.0.